The second kappa shape index (κ2) is 24.1. The van der Waals surface area contributed by atoms with E-state index in [1.165, 1.54) is 89.6 Å². The molecular formula is C45H47N9O15S. The number of hydrogen-bond acceptors (Lipinski definition) is 17. The van der Waals surface area contributed by atoms with Crippen LogP contribution in [0.4, 0.5) is 31.4 Å². The van der Waals surface area contributed by atoms with Gasteiger partial charge in [-0.25, -0.2) is 19.3 Å². The molecule has 0 spiro atoms. The lowest BCUT2D eigenvalue weighted by Crippen LogP contribution is -2.52. The Hall–Kier alpha value is -8.35. The second-order valence-electron chi connectivity index (χ2n) is 15.7. The topological polar surface area (TPSA) is 298 Å². The number of alkyl carbamates (subject to hydrolysis) is 1. The first-order valence-electron chi connectivity index (χ1n) is 21.4. The van der Waals surface area contributed by atoms with Crippen LogP contribution < -0.4 is 15.4 Å². The van der Waals surface area contributed by atoms with E-state index in [9.17, 15) is 54.3 Å². The fraction of sp³-hybridized carbons (Fsp3) is 0.333. The van der Waals surface area contributed by atoms with Gasteiger partial charge in [-0.15, -0.1) is 0 Å². The minimum atomic E-state index is -1.14. The molecule has 70 heavy (non-hydrogen) atoms. The van der Waals surface area contributed by atoms with Crippen molar-refractivity contribution in [1.29, 1.82) is 0 Å². The van der Waals surface area contributed by atoms with E-state index in [0.29, 0.717) is 41.0 Å². The fourth-order valence-corrected chi connectivity index (χ4v) is 8.54. The molecular weight excluding hydrogens is 939 g/mol. The van der Waals surface area contributed by atoms with Gasteiger partial charge in [0.1, 0.15) is 38.2 Å². The third-order valence-corrected chi connectivity index (χ3v) is 12.3. The molecule has 368 valence electrons. The molecule has 2 aliphatic heterocycles. The van der Waals surface area contributed by atoms with Crippen LogP contribution in [-0.4, -0.2) is 123 Å². The van der Waals surface area contributed by atoms with Gasteiger partial charge >= 0.3 is 18.3 Å². The van der Waals surface area contributed by atoms with Crippen LogP contribution in [0.25, 0.3) is 0 Å². The first-order chi connectivity index (χ1) is 33.6. The molecule has 4 aromatic carbocycles. The van der Waals surface area contributed by atoms with Crippen molar-refractivity contribution in [3.05, 3.63) is 150 Å². The second-order valence-corrected chi connectivity index (χ2v) is 17.0. The lowest BCUT2D eigenvalue weighted by Gasteiger charge is -2.27. The van der Waals surface area contributed by atoms with Gasteiger partial charge in [-0.1, -0.05) is 12.1 Å². The Bertz CT molecular complexity index is 2580. The number of rotatable bonds is 17. The number of benzene rings is 4. The summed E-state index contributed by atoms with van der Waals surface area (Å²) in [7, 11) is 2.80. The highest BCUT2D eigenvalue weighted by Crippen LogP contribution is 2.33. The van der Waals surface area contributed by atoms with E-state index in [0.717, 1.165) is 10.5 Å². The van der Waals surface area contributed by atoms with Crippen LogP contribution in [0, 0.1) is 30.3 Å². The van der Waals surface area contributed by atoms with Gasteiger partial charge in [-0.3, -0.25) is 55.1 Å². The highest BCUT2D eigenvalue weighted by molar-refractivity contribution is 7.99. The number of amides is 5. The van der Waals surface area contributed by atoms with E-state index < -0.39 is 63.5 Å². The van der Waals surface area contributed by atoms with Crippen molar-refractivity contribution in [1.82, 2.24) is 25.3 Å². The van der Waals surface area contributed by atoms with Crippen LogP contribution in [0.5, 0.6) is 5.75 Å². The molecule has 25 heteroatoms. The van der Waals surface area contributed by atoms with Crippen molar-refractivity contribution in [2.75, 3.05) is 40.3 Å². The molecule has 5 amide bonds. The molecule has 2 saturated heterocycles. The maximum Gasteiger partial charge on any atom is 0.417 e. The van der Waals surface area contributed by atoms with Gasteiger partial charge in [0.05, 0.1) is 21.9 Å². The molecule has 4 aromatic rings. The largest absolute Gasteiger partial charge is 0.497 e. The Morgan fingerprint density at radius 1 is 0.729 bits per heavy atom. The number of hydrogen-bond donors (Lipinski definition) is 2. The summed E-state index contributed by atoms with van der Waals surface area (Å²) in [6.45, 7) is -1.21. The molecule has 0 unspecified atom stereocenters. The van der Waals surface area contributed by atoms with Crippen molar-refractivity contribution < 1.29 is 57.7 Å². The Morgan fingerprint density at radius 3 is 1.76 bits per heavy atom. The lowest BCUT2D eigenvalue weighted by atomic mass is 10.2. The number of carbonyl (C=O) groups is 5. The summed E-state index contributed by atoms with van der Waals surface area (Å²) >= 11 is 1.57. The summed E-state index contributed by atoms with van der Waals surface area (Å²) < 4.78 is 21.5. The van der Waals surface area contributed by atoms with Gasteiger partial charge in [0.25, 0.3) is 17.1 Å². The van der Waals surface area contributed by atoms with Gasteiger partial charge < -0.3 is 29.2 Å². The standard InChI is InChI=1S/C45H47N9O15S/c1-46-42(48-43(57)67-25-29-3-11-34(12-4-29)52(60)61)51(45(59)69-27-31-7-15-36(16-8-31)54(64)65)24-40(55)47-33-19-20-49(22-33)41(56)39-21-38(70-28-32-9-17-37(66-2)18-10-32)23-50(39)44(58)68-26-30-5-13-35(14-6-30)53(62)63/h3-18,33,38-39H,19-28H2,1-2H3,(H,47,55)(H,46,48,57)/t33-,38-,39-/m0/s1. The lowest BCUT2D eigenvalue weighted by molar-refractivity contribution is -0.385. The van der Waals surface area contributed by atoms with Crippen LogP contribution in [0.1, 0.15) is 35.1 Å². The summed E-state index contributed by atoms with van der Waals surface area (Å²) in [5.41, 5.74) is 1.80. The van der Waals surface area contributed by atoms with E-state index in [-0.39, 0.29) is 67.7 Å². The van der Waals surface area contributed by atoms with Gasteiger partial charge in [0.2, 0.25) is 17.8 Å². The Labute approximate surface area is 403 Å². The quantitative estimate of drug-likeness (QED) is 0.0421. The van der Waals surface area contributed by atoms with Crippen molar-refractivity contribution in [2.24, 2.45) is 4.99 Å². The summed E-state index contributed by atoms with van der Waals surface area (Å²) in [4.78, 5) is 107. The molecule has 24 nitrogen and oxygen atoms in total. The maximum atomic E-state index is 14.3. The number of nitrogens with zero attached hydrogens (tertiary/aromatic N) is 7. The summed E-state index contributed by atoms with van der Waals surface area (Å²) in [6.07, 6.45) is -2.38. The zero-order valence-electron chi connectivity index (χ0n) is 37.7. The van der Waals surface area contributed by atoms with E-state index >= 15 is 0 Å². The SMILES string of the molecule is CN=C(NC(=O)OCc1ccc([N+](=O)[O-])cc1)N(CC(=O)N[C@H]1CCN(C(=O)[C@@H]2C[C@H](SCc3ccc(OC)cc3)CN2C(=O)OCc2ccc([N+](=O)[O-])cc2)C1)C(=O)OCc1ccc([N+](=O)[O-])cc1. The Kier molecular flexibility index (Phi) is 17.6. The first kappa shape index (κ1) is 51.0. The molecule has 6 rings (SSSR count). The molecule has 2 heterocycles. The van der Waals surface area contributed by atoms with E-state index in [1.807, 2.05) is 24.3 Å². The van der Waals surface area contributed by atoms with E-state index in [4.69, 9.17) is 18.9 Å². The fourth-order valence-electron chi connectivity index (χ4n) is 7.33. The number of nitro groups is 3. The Morgan fingerprint density at radius 2 is 1.24 bits per heavy atom. The van der Waals surface area contributed by atoms with E-state index in [1.54, 1.807) is 18.9 Å². The smallest absolute Gasteiger partial charge is 0.417 e. The number of guanidine groups is 1. The summed E-state index contributed by atoms with van der Waals surface area (Å²) in [5.74, 6) is -0.273. The van der Waals surface area contributed by atoms with Gasteiger partial charge in [0.15, 0.2) is 0 Å². The summed E-state index contributed by atoms with van der Waals surface area (Å²) in [5, 5.41) is 38.2. The van der Waals surface area contributed by atoms with Crippen LogP contribution in [-0.2, 0) is 49.4 Å². The van der Waals surface area contributed by atoms with Crippen LogP contribution >= 0.6 is 11.8 Å². The molecule has 0 saturated carbocycles. The monoisotopic (exact) mass is 985 g/mol. The number of likely N-dealkylation sites (tertiary alicyclic amines) is 2. The molecule has 0 bridgehead atoms. The number of aliphatic imine (C=N–C) groups is 1. The predicted molar refractivity (Wildman–Crippen MR) is 249 cm³/mol. The predicted octanol–water partition coefficient (Wildman–Crippen LogP) is 5.70. The van der Waals surface area contributed by atoms with Gasteiger partial charge in [-0.05, 0) is 83.6 Å². The van der Waals surface area contributed by atoms with E-state index in [2.05, 4.69) is 15.6 Å². The van der Waals surface area contributed by atoms with Crippen LogP contribution in [0.2, 0.25) is 0 Å². The number of nitrogens with one attached hydrogen (secondary N) is 2. The number of ether oxygens (including phenoxy) is 4. The van der Waals surface area contributed by atoms with Crippen molar-refractivity contribution in [3.63, 3.8) is 0 Å². The normalized spacial score (nSPS) is 16.4. The molecule has 0 aromatic heterocycles. The van der Waals surface area contributed by atoms with Crippen molar-refractivity contribution in [2.45, 2.75) is 55.7 Å². The van der Waals surface area contributed by atoms with Crippen molar-refractivity contribution >= 4 is 64.9 Å². The maximum absolute atomic E-state index is 14.3. The number of non-ortho nitro benzene ring substituents is 3. The van der Waals surface area contributed by atoms with Crippen LogP contribution in [0.15, 0.2) is 102 Å². The first-order valence-corrected chi connectivity index (χ1v) is 22.5. The van der Waals surface area contributed by atoms with Crippen molar-refractivity contribution in [3.8, 4) is 5.75 Å². The number of carbonyl (C=O) groups excluding carboxylic acids is 5. The zero-order chi connectivity index (χ0) is 50.3. The third kappa shape index (κ3) is 14.1. The van der Waals surface area contributed by atoms with Crippen LogP contribution in [0.3, 0.4) is 0 Å². The third-order valence-electron chi connectivity index (χ3n) is 11.0. The van der Waals surface area contributed by atoms with Gasteiger partial charge in [-0.2, -0.15) is 11.8 Å². The molecule has 0 radical (unpaired) electrons. The number of nitro benzene ring substituents is 3. The molecule has 2 aliphatic rings. The van der Waals surface area contributed by atoms with Gasteiger partial charge in [0, 0.05) is 80.1 Å². The molecule has 2 fully saturated rings. The molecule has 3 atom stereocenters. The average molecular weight is 986 g/mol. The number of thioether (sulfide) groups is 1. The highest BCUT2D eigenvalue weighted by Gasteiger charge is 2.44. The zero-order valence-corrected chi connectivity index (χ0v) is 38.5. The highest BCUT2D eigenvalue weighted by atomic mass is 32.2. The minimum absolute atomic E-state index is 0.0446. The summed E-state index contributed by atoms with van der Waals surface area (Å²) in [6, 6.07) is 21.9. The Balaban J connectivity index is 1.10. The minimum Gasteiger partial charge on any atom is -0.497 e. The molecule has 0 aliphatic carbocycles. The average Bonchev–Trinajstić information content (AvgIpc) is 4.02. The molecule has 2 N–H and O–H groups in total. The number of methoxy groups -OCH3 is 1.